The van der Waals surface area contributed by atoms with Crippen LogP contribution in [-0.2, 0) is 20.4 Å². The van der Waals surface area contributed by atoms with Gasteiger partial charge in [0.1, 0.15) is 0 Å². The molecule has 325 valence electrons. The van der Waals surface area contributed by atoms with E-state index in [1.54, 1.807) is 0 Å². The molecule has 61 heavy (non-hydrogen) atoms. The predicted molar refractivity (Wildman–Crippen MR) is 257 cm³/mol. The van der Waals surface area contributed by atoms with Gasteiger partial charge in [-0.3, -0.25) is 19.9 Å². The maximum absolute atomic E-state index is 4.84. The van der Waals surface area contributed by atoms with Gasteiger partial charge >= 0.3 is 0 Å². The Bertz CT molecular complexity index is 2200. The van der Waals surface area contributed by atoms with Gasteiger partial charge in [-0.05, 0) is 216 Å². The molecule has 5 heterocycles. The molecule has 5 nitrogen and oxygen atoms in total. The molecule has 0 bridgehead atoms. The molecule has 0 spiro atoms. The average Bonchev–Trinajstić information content (AvgIpc) is 3.22. The topological polar surface area (TPSA) is 64.5 Å². The van der Waals surface area contributed by atoms with E-state index in [0.717, 1.165) is 62.5 Å². The molecule has 6 rings (SSSR count). The van der Waals surface area contributed by atoms with E-state index in [4.69, 9.17) is 24.9 Å². The Morgan fingerprint density at radius 3 is 0.656 bits per heavy atom. The van der Waals surface area contributed by atoms with Crippen molar-refractivity contribution in [1.82, 2.24) is 24.9 Å². The molecule has 0 saturated heterocycles. The van der Waals surface area contributed by atoms with Crippen molar-refractivity contribution < 1.29 is 20.4 Å². The zero-order valence-electron chi connectivity index (χ0n) is 42.1. The quantitative estimate of drug-likeness (QED) is 0.165. The molecule has 0 aliphatic heterocycles. The fourth-order valence-corrected chi connectivity index (χ4v) is 7.86. The molecule has 0 unspecified atom stereocenters. The van der Waals surface area contributed by atoms with E-state index in [1.807, 2.05) is 0 Å². The van der Waals surface area contributed by atoms with E-state index in [2.05, 4.69) is 172 Å². The predicted octanol–water partition coefficient (Wildman–Crippen LogP) is 14.2. The summed E-state index contributed by atoms with van der Waals surface area (Å²) in [6.45, 7) is 51.4. The van der Waals surface area contributed by atoms with Gasteiger partial charge in [0, 0.05) is 48.9 Å². The first-order chi connectivity index (χ1) is 27.8. The SMILES string of the molecule is Cc1[c-]c(-c2nc(C)c(C)c(C)c2C)c(C)c(C)c1C.Cc1nc(-c2nc(C)c(C)c(C)c2C)c(C)c(C)c1C.Cc1nc(-c2nc(C)c(C)c(C)c2C)c(C)c(C)c1C.[Re]. The molecule has 6 heteroatoms. The van der Waals surface area contributed by atoms with Crippen LogP contribution in [0.4, 0.5) is 0 Å². The molecule has 0 N–H and O–H groups in total. The summed E-state index contributed by atoms with van der Waals surface area (Å²) in [6.07, 6.45) is 0. The van der Waals surface area contributed by atoms with Crippen LogP contribution in [0.3, 0.4) is 0 Å². The Kier molecular flexibility index (Phi) is 16.5. The van der Waals surface area contributed by atoms with Crippen LogP contribution in [0.5, 0.6) is 0 Å². The molecule has 0 fully saturated rings. The van der Waals surface area contributed by atoms with Crippen molar-refractivity contribution in [1.29, 1.82) is 0 Å². The number of nitrogens with zero attached hydrogens (tertiary/aromatic N) is 5. The first-order valence-corrected chi connectivity index (χ1v) is 21.5. The summed E-state index contributed by atoms with van der Waals surface area (Å²) in [4.78, 5) is 24.1. The molecule has 5 aromatic heterocycles. The van der Waals surface area contributed by atoms with E-state index >= 15 is 0 Å². The third-order valence-electron chi connectivity index (χ3n) is 14.6. The number of benzene rings is 1. The molecule has 6 aromatic rings. The monoisotopic (exact) mass is 990 g/mol. The van der Waals surface area contributed by atoms with Crippen molar-refractivity contribution in [3.05, 3.63) is 140 Å². The Balaban J connectivity index is 0.000000242. The molecule has 1 aromatic carbocycles. The minimum atomic E-state index is 0. The van der Waals surface area contributed by atoms with Gasteiger partial charge in [0.05, 0.1) is 22.8 Å². The Morgan fingerprint density at radius 2 is 0.410 bits per heavy atom. The number of rotatable bonds is 3. The van der Waals surface area contributed by atoms with Gasteiger partial charge in [-0.1, -0.05) is 38.8 Å². The van der Waals surface area contributed by atoms with Crippen molar-refractivity contribution in [2.24, 2.45) is 0 Å². The van der Waals surface area contributed by atoms with Gasteiger partial charge in [0.25, 0.3) is 0 Å². The minimum absolute atomic E-state index is 0. The Hall–Kier alpha value is -4.37. The van der Waals surface area contributed by atoms with Crippen LogP contribution in [0, 0.1) is 172 Å². The average molecular weight is 989 g/mol. The van der Waals surface area contributed by atoms with E-state index < -0.39 is 0 Å². The van der Waals surface area contributed by atoms with Crippen LogP contribution in [-0.4, -0.2) is 24.9 Å². The van der Waals surface area contributed by atoms with E-state index in [1.165, 1.54) is 106 Å². The third-order valence-corrected chi connectivity index (χ3v) is 14.6. The third kappa shape index (κ3) is 9.82. The second-order valence-corrected chi connectivity index (χ2v) is 17.6. The summed E-state index contributed by atoms with van der Waals surface area (Å²) in [7, 11) is 0. The van der Waals surface area contributed by atoms with Crippen LogP contribution in [0.1, 0.15) is 134 Å². The number of hydrogen-bond acceptors (Lipinski definition) is 5. The molecular formula is C55H72N5Re-. The van der Waals surface area contributed by atoms with E-state index in [0.29, 0.717) is 0 Å². The Morgan fingerprint density at radius 1 is 0.213 bits per heavy atom. The zero-order valence-corrected chi connectivity index (χ0v) is 44.8. The standard InChI is InChI=1S/C19H24N.2C18H24N2.Re/c1-10-9-18(15(6)12(3)11(10)2)19-16(7)13(4)14(5)17(8)20-19;2*1-9-11(3)15(7)19-17(13(9)5)18-14(6)10(2)12(4)16(8)20-18;/h3*1-8H3;/q-1;;;. The normalized spacial score (nSPS) is 10.8. The van der Waals surface area contributed by atoms with Crippen molar-refractivity contribution >= 4 is 0 Å². The summed E-state index contributed by atoms with van der Waals surface area (Å²) >= 11 is 0. The summed E-state index contributed by atoms with van der Waals surface area (Å²) in [5.41, 5.74) is 36.4. The fourth-order valence-electron chi connectivity index (χ4n) is 7.86. The van der Waals surface area contributed by atoms with Crippen molar-refractivity contribution in [3.63, 3.8) is 0 Å². The maximum Gasteiger partial charge on any atom is 0.0924 e. The van der Waals surface area contributed by atoms with Gasteiger partial charge in [-0.15, -0.1) is 33.9 Å². The van der Waals surface area contributed by atoms with Crippen LogP contribution in [0.15, 0.2) is 0 Å². The molecule has 0 atom stereocenters. The summed E-state index contributed by atoms with van der Waals surface area (Å²) < 4.78 is 0. The summed E-state index contributed by atoms with van der Waals surface area (Å²) in [5.74, 6) is 0. The summed E-state index contributed by atoms with van der Waals surface area (Å²) in [6, 6.07) is 3.55. The van der Waals surface area contributed by atoms with Crippen molar-refractivity contribution in [3.8, 4) is 34.0 Å². The zero-order chi connectivity index (χ0) is 45.6. The van der Waals surface area contributed by atoms with Gasteiger partial charge in [0.15, 0.2) is 0 Å². The maximum atomic E-state index is 4.84. The molecule has 0 amide bonds. The van der Waals surface area contributed by atoms with Crippen LogP contribution >= 0.6 is 0 Å². The molecule has 0 saturated carbocycles. The largest absolute Gasteiger partial charge is 0.301 e. The first-order valence-electron chi connectivity index (χ1n) is 21.5. The first kappa shape index (κ1) is 51.0. The smallest absolute Gasteiger partial charge is 0.0924 e. The number of aromatic nitrogens is 5. The molecule has 1 radical (unpaired) electrons. The second-order valence-electron chi connectivity index (χ2n) is 17.6. The van der Waals surface area contributed by atoms with E-state index in [-0.39, 0.29) is 20.4 Å². The van der Waals surface area contributed by atoms with Gasteiger partial charge < -0.3 is 4.98 Å². The second kappa shape index (κ2) is 19.8. The minimum Gasteiger partial charge on any atom is -0.301 e. The van der Waals surface area contributed by atoms with Crippen molar-refractivity contribution in [2.75, 3.05) is 0 Å². The van der Waals surface area contributed by atoms with Gasteiger partial charge in [-0.2, -0.15) is 0 Å². The van der Waals surface area contributed by atoms with Crippen LogP contribution in [0.2, 0.25) is 0 Å². The van der Waals surface area contributed by atoms with Gasteiger partial charge in [0.2, 0.25) is 0 Å². The number of aryl methyl sites for hydroxylation is 6. The number of pyridine rings is 5. The molecular weight excluding hydrogens is 917 g/mol. The molecule has 0 aliphatic carbocycles. The van der Waals surface area contributed by atoms with Crippen LogP contribution in [0.25, 0.3) is 34.0 Å². The van der Waals surface area contributed by atoms with Gasteiger partial charge in [-0.25, -0.2) is 0 Å². The van der Waals surface area contributed by atoms with Crippen LogP contribution < -0.4 is 0 Å². The Labute approximate surface area is 383 Å². The van der Waals surface area contributed by atoms with E-state index in [9.17, 15) is 0 Å². The summed E-state index contributed by atoms with van der Waals surface area (Å²) in [5, 5.41) is 0. The number of hydrogen-bond donors (Lipinski definition) is 0. The van der Waals surface area contributed by atoms with Crippen molar-refractivity contribution in [2.45, 2.75) is 166 Å². The fraction of sp³-hybridized carbons (Fsp3) is 0.436. The molecule has 0 aliphatic rings.